The van der Waals surface area contributed by atoms with Crippen molar-refractivity contribution in [3.8, 4) is 0 Å². The zero-order valence-electron chi connectivity index (χ0n) is 10.2. The van der Waals surface area contributed by atoms with Gasteiger partial charge >= 0.3 is 6.18 Å². The number of hydrogen-bond acceptors (Lipinski definition) is 1. The molecule has 0 saturated heterocycles. The first-order valence-corrected chi connectivity index (χ1v) is 6.31. The number of rotatable bonds is 7. The molecule has 0 rings (SSSR count). The molecule has 0 bridgehead atoms. The van der Waals surface area contributed by atoms with Crippen molar-refractivity contribution in [1.82, 2.24) is 4.90 Å². The highest BCUT2D eigenvalue weighted by Crippen LogP contribution is 2.22. The highest BCUT2D eigenvalue weighted by molar-refractivity contribution is 6.18. The molecule has 0 aromatic carbocycles. The molecule has 2 nitrogen and oxygen atoms in total. The van der Waals surface area contributed by atoms with Crippen LogP contribution in [0.25, 0.3) is 0 Å². The molecule has 0 aliphatic rings. The molecule has 0 aromatic rings. The minimum atomic E-state index is -4.28. The van der Waals surface area contributed by atoms with E-state index in [0.29, 0.717) is 6.54 Å². The second kappa shape index (κ2) is 7.80. The third-order valence-electron chi connectivity index (χ3n) is 2.65. The second-order valence-electron chi connectivity index (χ2n) is 3.86. The van der Waals surface area contributed by atoms with Gasteiger partial charge in [0.05, 0.1) is 6.42 Å². The Bertz CT molecular complexity index is 229. The molecule has 0 N–H and O–H groups in total. The predicted octanol–water partition coefficient (Wildman–Crippen LogP) is 3.58. The molecule has 0 fully saturated rings. The Kier molecular flexibility index (Phi) is 7.59. The fourth-order valence-electron chi connectivity index (χ4n) is 1.72. The van der Waals surface area contributed by atoms with Crippen LogP contribution in [0.5, 0.6) is 0 Å². The van der Waals surface area contributed by atoms with Crippen molar-refractivity contribution in [3.63, 3.8) is 0 Å². The van der Waals surface area contributed by atoms with Crippen molar-refractivity contribution in [2.75, 3.05) is 12.4 Å². The molecule has 0 atom stereocenters. The first-order chi connectivity index (χ1) is 7.85. The smallest absolute Gasteiger partial charge is 0.339 e. The molecule has 0 unspecified atom stereocenters. The van der Waals surface area contributed by atoms with E-state index in [9.17, 15) is 18.0 Å². The highest BCUT2D eigenvalue weighted by Gasteiger charge is 2.30. The lowest BCUT2D eigenvalue weighted by molar-refractivity contribution is -0.150. The van der Waals surface area contributed by atoms with Gasteiger partial charge in [-0.2, -0.15) is 13.2 Å². The molecule has 0 saturated carbocycles. The Morgan fingerprint density at radius 2 is 1.82 bits per heavy atom. The number of carbonyl (C=O) groups excluding carboxylic acids is 1. The summed E-state index contributed by atoms with van der Waals surface area (Å²) in [5.41, 5.74) is 0. The quantitative estimate of drug-likeness (QED) is 0.649. The van der Waals surface area contributed by atoms with Crippen molar-refractivity contribution in [1.29, 1.82) is 0 Å². The van der Waals surface area contributed by atoms with Crippen LogP contribution < -0.4 is 0 Å². The minimum Gasteiger partial charge on any atom is -0.339 e. The average Bonchev–Trinajstić information content (AvgIpc) is 2.25. The standard InChI is InChI=1S/C11H19ClF3NO/c1-3-9(4-2)16(8-7-12)10(17)5-6-11(13,14)15/h9H,3-8H2,1-2H3. The van der Waals surface area contributed by atoms with Crippen LogP contribution in [0.4, 0.5) is 13.2 Å². The average molecular weight is 274 g/mol. The molecular formula is C11H19ClF3NO. The number of nitrogens with zero attached hydrogens (tertiary/aromatic N) is 1. The van der Waals surface area contributed by atoms with E-state index in [1.54, 1.807) is 0 Å². The van der Waals surface area contributed by atoms with Gasteiger partial charge in [0.1, 0.15) is 0 Å². The fourth-order valence-corrected chi connectivity index (χ4v) is 1.91. The molecule has 102 valence electrons. The van der Waals surface area contributed by atoms with Crippen LogP contribution in [0.1, 0.15) is 39.5 Å². The van der Waals surface area contributed by atoms with E-state index in [1.165, 1.54) is 4.90 Å². The van der Waals surface area contributed by atoms with Gasteiger partial charge in [0, 0.05) is 24.9 Å². The van der Waals surface area contributed by atoms with Crippen LogP contribution >= 0.6 is 11.6 Å². The van der Waals surface area contributed by atoms with Gasteiger partial charge in [-0.1, -0.05) is 13.8 Å². The highest BCUT2D eigenvalue weighted by atomic mass is 35.5. The summed E-state index contributed by atoms with van der Waals surface area (Å²) in [6.07, 6.45) is -4.38. The molecule has 0 spiro atoms. The van der Waals surface area contributed by atoms with Gasteiger partial charge in [-0.15, -0.1) is 11.6 Å². The Labute approximate surface area is 105 Å². The van der Waals surface area contributed by atoms with Crippen molar-refractivity contribution < 1.29 is 18.0 Å². The maximum Gasteiger partial charge on any atom is 0.389 e. The Hall–Kier alpha value is -0.450. The molecule has 1 amide bonds. The van der Waals surface area contributed by atoms with E-state index in [1.807, 2.05) is 13.8 Å². The second-order valence-corrected chi connectivity index (χ2v) is 4.24. The third kappa shape index (κ3) is 6.76. The van der Waals surface area contributed by atoms with Gasteiger partial charge < -0.3 is 4.90 Å². The van der Waals surface area contributed by atoms with Gasteiger partial charge in [-0.25, -0.2) is 0 Å². The van der Waals surface area contributed by atoms with Crippen LogP contribution in [-0.4, -0.2) is 35.4 Å². The van der Waals surface area contributed by atoms with E-state index in [4.69, 9.17) is 11.6 Å². The zero-order valence-corrected chi connectivity index (χ0v) is 10.9. The minimum absolute atomic E-state index is 0.0190. The molecule has 0 radical (unpaired) electrons. The Balaban J connectivity index is 4.43. The summed E-state index contributed by atoms with van der Waals surface area (Å²) in [5.74, 6) is -0.217. The molecule has 0 heterocycles. The van der Waals surface area contributed by atoms with Crippen molar-refractivity contribution >= 4 is 17.5 Å². The van der Waals surface area contributed by atoms with Gasteiger partial charge in [0.15, 0.2) is 0 Å². The summed E-state index contributed by atoms with van der Waals surface area (Å²) in [7, 11) is 0. The van der Waals surface area contributed by atoms with E-state index in [0.717, 1.165) is 12.8 Å². The fraction of sp³-hybridized carbons (Fsp3) is 0.909. The van der Waals surface area contributed by atoms with Crippen LogP contribution in [0, 0.1) is 0 Å². The largest absolute Gasteiger partial charge is 0.389 e. The van der Waals surface area contributed by atoms with Crippen LogP contribution in [-0.2, 0) is 4.79 Å². The van der Waals surface area contributed by atoms with E-state index in [-0.39, 0.29) is 11.9 Å². The van der Waals surface area contributed by atoms with E-state index >= 15 is 0 Å². The molecule has 0 aliphatic carbocycles. The normalized spacial score (nSPS) is 11.9. The Morgan fingerprint density at radius 3 is 2.18 bits per heavy atom. The van der Waals surface area contributed by atoms with Crippen LogP contribution in [0.15, 0.2) is 0 Å². The first kappa shape index (κ1) is 16.6. The SMILES string of the molecule is CCC(CC)N(CCCl)C(=O)CCC(F)(F)F. The number of carbonyl (C=O) groups is 1. The van der Waals surface area contributed by atoms with Gasteiger partial charge in [-0.05, 0) is 12.8 Å². The first-order valence-electron chi connectivity index (χ1n) is 5.77. The summed E-state index contributed by atoms with van der Waals surface area (Å²) in [5, 5.41) is 0. The summed E-state index contributed by atoms with van der Waals surface area (Å²) in [6.45, 7) is 4.13. The molecular weight excluding hydrogens is 255 g/mol. The number of hydrogen-bond donors (Lipinski definition) is 0. The van der Waals surface area contributed by atoms with Crippen LogP contribution in [0.2, 0.25) is 0 Å². The molecule has 0 aliphatic heterocycles. The van der Waals surface area contributed by atoms with Crippen molar-refractivity contribution in [3.05, 3.63) is 0 Å². The topological polar surface area (TPSA) is 20.3 Å². The maximum atomic E-state index is 12.0. The van der Waals surface area contributed by atoms with E-state index in [2.05, 4.69) is 0 Å². The van der Waals surface area contributed by atoms with Gasteiger partial charge in [0.2, 0.25) is 5.91 Å². The summed E-state index contributed by atoms with van der Waals surface area (Å²) < 4.78 is 36.1. The van der Waals surface area contributed by atoms with E-state index < -0.39 is 24.9 Å². The predicted molar refractivity (Wildman–Crippen MR) is 62.1 cm³/mol. The summed E-state index contributed by atoms with van der Waals surface area (Å²) >= 11 is 5.57. The molecule has 17 heavy (non-hydrogen) atoms. The lowest BCUT2D eigenvalue weighted by atomic mass is 10.1. The summed E-state index contributed by atoms with van der Waals surface area (Å²) in [4.78, 5) is 13.2. The number of alkyl halides is 4. The number of halogens is 4. The number of amides is 1. The summed E-state index contributed by atoms with van der Waals surface area (Å²) in [6, 6.07) is -0.0190. The van der Waals surface area contributed by atoms with Gasteiger partial charge in [-0.3, -0.25) is 4.79 Å². The zero-order chi connectivity index (χ0) is 13.5. The lowest BCUT2D eigenvalue weighted by Crippen LogP contribution is -2.41. The Morgan fingerprint density at radius 1 is 1.29 bits per heavy atom. The van der Waals surface area contributed by atoms with Crippen molar-refractivity contribution in [2.45, 2.75) is 51.7 Å². The molecule has 0 aromatic heterocycles. The van der Waals surface area contributed by atoms with Crippen LogP contribution in [0.3, 0.4) is 0 Å². The maximum absolute atomic E-state index is 12.0. The van der Waals surface area contributed by atoms with Crippen molar-refractivity contribution in [2.24, 2.45) is 0 Å². The lowest BCUT2D eigenvalue weighted by Gasteiger charge is -2.30. The third-order valence-corrected chi connectivity index (χ3v) is 2.82. The van der Waals surface area contributed by atoms with Gasteiger partial charge in [0.25, 0.3) is 0 Å². The monoisotopic (exact) mass is 273 g/mol. The molecule has 6 heteroatoms.